The Kier molecular flexibility index (Phi) is 5.75. The molecule has 0 aliphatic heterocycles. The first-order valence-electron chi connectivity index (χ1n) is 8.02. The molecule has 1 heterocycles. The average molecular weight is 403 g/mol. The highest BCUT2D eigenvalue weighted by Gasteiger charge is 2.17. The Morgan fingerprint density at radius 3 is 2.68 bits per heavy atom. The molecule has 3 rings (SSSR count). The van der Waals surface area contributed by atoms with Gasteiger partial charge in [-0.15, -0.1) is 0 Å². The van der Waals surface area contributed by atoms with Crippen molar-refractivity contribution in [3.63, 3.8) is 0 Å². The monoisotopic (exact) mass is 402 g/mol. The normalized spacial score (nSPS) is 10.4. The van der Waals surface area contributed by atoms with Crippen LogP contribution < -0.4 is 14.8 Å². The molecule has 9 nitrogen and oxygen atoms in total. The molecule has 1 N–H and O–H groups in total. The highest BCUT2D eigenvalue weighted by atomic mass is 35.5. The van der Waals surface area contributed by atoms with Gasteiger partial charge in [0.2, 0.25) is 0 Å². The van der Waals surface area contributed by atoms with Crippen molar-refractivity contribution in [1.29, 1.82) is 0 Å². The van der Waals surface area contributed by atoms with Crippen LogP contribution >= 0.6 is 11.6 Å². The number of nitro benzene ring substituents is 1. The summed E-state index contributed by atoms with van der Waals surface area (Å²) in [6.45, 7) is 0.00871. The fourth-order valence-corrected chi connectivity index (χ4v) is 2.50. The second-order valence-corrected chi connectivity index (χ2v) is 5.98. The Morgan fingerprint density at radius 1 is 1.25 bits per heavy atom. The van der Waals surface area contributed by atoms with Gasteiger partial charge >= 0.3 is 0 Å². The summed E-state index contributed by atoms with van der Waals surface area (Å²) in [5, 5.41) is 18.2. The predicted octanol–water partition coefficient (Wildman–Crippen LogP) is 3.74. The molecule has 0 saturated heterocycles. The second kappa shape index (κ2) is 8.40. The molecule has 28 heavy (non-hydrogen) atoms. The predicted molar refractivity (Wildman–Crippen MR) is 102 cm³/mol. The van der Waals surface area contributed by atoms with Gasteiger partial charge in [-0.2, -0.15) is 5.10 Å². The van der Waals surface area contributed by atoms with E-state index in [1.165, 1.54) is 42.3 Å². The number of anilines is 1. The van der Waals surface area contributed by atoms with Gasteiger partial charge in [-0.3, -0.25) is 14.9 Å². The summed E-state index contributed by atoms with van der Waals surface area (Å²) >= 11 is 5.83. The number of halogens is 1. The highest BCUT2D eigenvalue weighted by Crippen LogP contribution is 2.29. The van der Waals surface area contributed by atoms with Crippen molar-refractivity contribution in [2.45, 2.75) is 6.73 Å². The number of non-ortho nitro benzene ring substituents is 1. The number of aromatic nitrogens is 2. The summed E-state index contributed by atoms with van der Waals surface area (Å²) in [6, 6.07) is 12.2. The number of rotatable bonds is 7. The number of hydrogen-bond donors (Lipinski definition) is 1. The molecule has 144 valence electrons. The van der Waals surface area contributed by atoms with Crippen molar-refractivity contribution in [1.82, 2.24) is 9.78 Å². The summed E-state index contributed by atoms with van der Waals surface area (Å²) in [5.41, 5.74) is 0.398. The van der Waals surface area contributed by atoms with E-state index in [-0.39, 0.29) is 23.9 Å². The molecule has 0 fully saturated rings. The lowest BCUT2D eigenvalue weighted by Gasteiger charge is -2.12. The van der Waals surface area contributed by atoms with Crippen molar-refractivity contribution in [2.24, 2.45) is 0 Å². The maximum atomic E-state index is 12.6. The fraction of sp³-hybridized carbons (Fsp3) is 0.111. The van der Waals surface area contributed by atoms with Crippen LogP contribution in [0.2, 0.25) is 5.02 Å². The molecule has 0 aliphatic rings. The van der Waals surface area contributed by atoms with Gasteiger partial charge in [0.25, 0.3) is 11.6 Å². The summed E-state index contributed by atoms with van der Waals surface area (Å²) in [6.07, 6.45) is 1.47. The minimum Gasteiger partial charge on any atom is -0.494 e. The van der Waals surface area contributed by atoms with Gasteiger partial charge in [-0.25, -0.2) is 4.68 Å². The molecular formula is C18H15ClN4O5. The van der Waals surface area contributed by atoms with Crippen LogP contribution in [0.25, 0.3) is 0 Å². The zero-order chi connectivity index (χ0) is 20.1. The number of amides is 1. The van der Waals surface area contributed by atoms with E-state index in [1.54, 1.807) is 24.3 Å². The minimum absolute atomic E-state index is 0.00871. The molecule has 2 aromatic carbocycles. The molecule has 10 heteroatoms. The third kappa shape index (κ3) is 4.38. The van der Waals surface area contributed by atoms with E-state index in [0.717, 1.165) is 0 Å². The summed E-state index contributed by atoms with van der Waals surface area (Å²) in [7, 11) is 1.36. The molecule has 1 aromatic heterocycles. The molecule has 0 atom stereocenters. The number of methoxy groups -OCH3 is 1. The molecule has 0 radical (unpaired) electrons. The number of nitrogens with one attached hydrogen (secondary N) is 1. The zero-order valence-electron chi connectivity index (χ0n) is 14.7. The lowest BCUT2D eigenvalue weighted by molar-refractivity contribution is -0.384. The van der Waals surface area contributed by atoms with Crippen LogP contribution in [0.1, 0.15) is 10.5 Å². The second-order valence-electron chi connectivity index (χ2n) is 5.54. The number of hydrogen-bond acceptors (Lipinski definition) is 6. The van der Waals surface area contributed by atoms with Gasteiger partial charge < -0.3 is 14.8 Å². The smallest absolute Gasteiger partial charge is 0.274 e. The number of carbonyl (C=O) groups is 1. The zero-order valence-corrected chi connectivity index (χ0v) is 15.4. The Labute approximate surface area is 164 Å². The van der Waals surface area contributed by atoms with Gasteiger partial charge in [0.15, 0.2) is 6.73 Å². The van der Waals surface area contributed by atoms with Gasteiger partial charge in [0, 0.05) is 17.3 Å². The Balaban J connectivity index is 1.73. The van der Waals surface area contributed by atoms with E-state index in [0.29, 0.717) is 16.5 Å². The van der Waals surface area contributed by atoms with Crippen LogP contribution in [-0.4, -0.2) is 27.7 Å². The quantitative estimate of drug-likeness (QED) is 0.476. The maximum Gasteiger partial charge on any atom is 0.274 e. The Bertz CT molecular complexity index is 1000. The Morgan fingerprint density at radius 2 is 2.00 bits per heavy atom. The standard InChI is InChI=1S/C18H15ClN4O5/c1-27-17-10-13(23(25)26)4-7-15(17)21-18(24)16-8-9-20-22(16)11-28-14-5-2-12(19)3-6-14/h2-10H,11H2,1H3,(H,21,24). The number of carbonyl (C=O) groups excluding carboxylic acids is 1. The minimum atomic E-state index is -0.544. The van der Waals surface area contributed by atoms with E-state index < -0.39 is 10.8 Å². The molecular weight excluding hydrogens is 388 g/mol. The van der Waals surface area contributed by atoms with Crippen LogP contribution in [0.5, 0.6) is 11.5 Å². The van der Waals surface area contributed by atoms with Crippen molar-refractivity contribution in [2.75, 3.05) is 12.4 Å². The van der Waals surface area contributed by atoms with E-state index in [2.05, 4.69) is 10.4 Å². The number of ether oxygens (including phenoxy) is 2. The summed E-state index contributed by atoms with van der Waals surface area (Å²) in [4.78, 5) is 22.9. The van der Waals surface area contributed by atoms with Crippen LogP contribution in [-0.2, 0) is 6.73 Å². The van der Waals surface area contributed by atoms with Gasteiger partial charge in [-0.05, 0) is 36.4 Å². The van der Waals surface area contributed by atoms with Crippen molar-refractivity contribution in [3.05, 3.63) is 75.6 Å². The largest absolute Gasteiger partial charge is 0.494 e. The van der Waals surface area contributed by atoms with Gasteiger partial charge in [0.05, 0.1) is 23.8 Å². The molecule has 0 spiro atoms. The summed E-state index contributed by atoms with van der Waals surface area (Å²) in [5.74, 6) is 0.277. The molecule has 0 aliphatic carbocycles. The SMILES string of the molecule is COc1cc([N+](=O)[O-])ccc1NC(=O)c1ccnn1COc1ccc(Cl)cc1. The highest BCUT2D eigenvalue weighted by molar-refractivity contribution is 6.30. The summed E-state index contributed by atoms with van der Waals surface area (Å²) < 4.78 is 12.1. The molecule has 0 unspecified atom stereocenters. The van der Waals surface area contributed by atoms with E-state index in [1.807, 2.05) is 0 Å². The first-order chi connectivity index (χ1) is 13.5. The van der Waals surface area contributed by atoms with Crippen LogP contribution in [0.3, 0.4) is 0 Å². The van der Waals surface area contributed by atoms with Crippen LogP contribution in [0.4, 0.5) is 11.4 Å². The maximum absolute atomic E-state index is 12.6. The number of nitro groups is 1. The molecule has 0 bridgehead atoms. The van der Waals surface area contributed by atoms with Crippen molar-refractivity contribution >= 4 is 28.9 Å². The topological polar surface area (TPSA) is 109 Å². The number of nitrogens with zero attached hydrogens (tertiary/aromatic N) is 3. The molecule has 1 amide bonds. The lowest BCUT2D eigenvalue weighted by Crippen LogP contribution is -2.20. The van der Waals surface area contributed by atoms with E-state index >= 15 is 0 Å². The third-order valence-electron chi connectivity index (χ3n) is 3.76. The molecule has 0 saturated carbocycles. The average Bonchev–Trinajstić information content (AvgIpc) is 3.16. The van der Waals surface area contributed by atoms with Gasteiger partial charge in [-0.1, -0.05) is 11.6 Å². The van der Waals surface area contributed by atoms with E-state index in [9.17, 15) is 14.9 Å². The first-order valence-corrected chi connectivity index (χ1v) is 8.39. The van der Waals surface area contributed by atoms with Gasteiger partial charge in [0.1, 0.15) is 17.2 Å². The van der Waals surface area contributed by atoms with Crippen LogP contribution in [0.15, 0.2) is 54.7 Å². The first kappa shape index (κ1) is 19.2. The third-order valence-corrected chi connectivity index (χ3v) is 4.01. The fourth-order valence-electron chi connectivity index (χ4n) is 2.38. The Hall–Kier alpha value is -3.59. The van der Waals surface area contributed by atoms with Crippen molar-refractivity contribution < 1.29 is 19.2 Å². The number of benzene rings is 2. The lowest BCUT2D eigenvalue weighted by atomic mass is 10.2. The van der Waals surface area contributed by atoms with Crippen LogP contribution in [0, 0.1) is 10.1 Å². The molecule has 3 aromatic rings. The van der Waals surface area contributed by atoms with Crippen molar-refractivity contribution in [3.8, 4) is 11.5 Å². The van der Waals surface area contributed by atoms with E-state index in [4.69, 9.17) is 21.1 Å².